The van der Waals surface area contributed by atoms with E-state index in [0.29, 0.717) is 16.3 Å². The predicted molar refractivity (Wildman–Crippen MR) is 92.7 cm³/mol. The summed E-state index contributed by atoms with van der Waals surface area (Å²) in [6.07, 6.45) is 8.07. The standard InChI is InChI=1S/C17H21N3O3S/c1-20-10-9-12(19-20)15(21)18-16-14(17(22)23-2)11-7-5-3-4-6-8-13(11)24-16/h9-10H,3-8H2,1-2H3,(H,18,21). The third kappa shape index (κ3) is 3.36. The van der Waals surface area contributed by atoms with Crippen LogP contribution in [0.3, 0.4) is 0 Å². The molecule has 0 unspecified atom stereocenters. The number of nitrogens with zero attached hydrogens (tertiary/aromatic N) is 2. The maximum absolute atomic E-state index is 12.4. The number of ether oxygens (including phenoxy) is 1. The van der Waals surface area contributed by atoms with E-state index in [1.54, 1.807) is 24.0 Å². The minimum absolute atomic E-state index is 0.310. The van der Waals surface area contributed by atoms with Crippen molar-refractivity contribution in [2.75, 3.05) is 12.4 Å². The van der Waals surface area contributed by atoms with E-state index in [-0.39, 0.29) is 11.9 Å². The van der Waals surface area contributed by atoms with Gasteiger partial charge in [-0.05, 0) is 37.3 Å². The second kappa shape index (κ2) is 7.17. The first-order chi connectivity index (χ1) is 11.6. The van der Waals surface area contributed by atoms with Gasteiger partial charge in [-0.15, -0.1) is 11.3 Å². The maximum atomic E-state index is 12.4. The molecule has 2 aromatic rings. The van der Waals surface area contributed by atoms with Crippen LogP contribution >= 0.6 is 11.3 Å². The van der Waals surface area contributed by atoms with E-state index in [4.69, 9.17) is 4.74 Å². The van der Waals surface area contributed by atoms with Crippen LogP contribution < -0.4 is 5.32 Å². The topological polar surface area (TPSA) is 73.2 Å². The molecule has 1 aliphatic carbocycles. The Hall–Kier alpha value is -2.15. The van der Waals surface area contributed by atoms with Crippen molar-refractivity contribution in [3.63, 3.8) is 0 Å². The van der Waals surface area contributed by atoms with Gasteiger partial charge in [0.15, 0.2) is 5.69 Å². The molecule has 0 fully saturated rings. The van der Waals surface area contributed by atoms with Gasteiger partial charge in [0, 0.05) is 18.1 Å². The lowest BCUT2D eigenvalue weighted by molar-refractivity contribution is 0.0601. The van der Waals surface area contributed by atoms with Crippen LogP contribution in [0.15, 0.2) is 12.3 Å². The number of nitrogens with one attached hydrogen (secondary N) is 1. The first-order valence-corrected chi connectivity index (χ1v) is 8.95. The molecule has 0 aliphatic heterocycles. The van der Waals surface area contributed by atoms with Gasteiger partial charge in [-0.1, -0.05) is 12.8 Å². The van der Waals surface area contributed by atoms with E-state index in [1.807, 2.05) is 0 Å². The molecule has 0 saturated heterocycles. The lowest BCUT2D eigenvalue weighted by Gasteiger charge is -2.10. The Balaban J connectivity index is 1.95. The van der Waals surface area contributed by atoms with Gasteiger partial charge < -0.3 is 10.1 Å². The fourth-order valence-electron chi connectivity index (χ4n) is 3.03. The number of hydrogen-bond acceptors (Lipinski definition) is 5. The zero-order chi connectivity index (χ0) is 17.1. The van der Waals surface area contributed by atoms with Crippen molar-refractivity contribution in [1.82, 2.24) is 9.78 Å². The van der Waals surface area contributed by atoms with Crippen LogP contribution in [0.4, 0.5) is 5.00 Å². The van der Waals surface area contributed by atoms with Crippen LogP contribution in [-0.2, 0) is 24.6 Å². The van der Waals surface area contributed by atoms with Crippen LogP contribution in [0, 0.1) is 0 Å². The third-order valence-electron chi connectivity index (χ3n) is 4.23. The fraction of sp³-hybridized carbons (Fsp3) is 0.471. The van der Waals surface area contributed by atoms with E-state index < -0.39 is 0 Å². The average Bonchev–Trinajstić information content (AvgIpc) is 3.11. The average molecular weight is 347 g/mol. The van der Waals surface area contributed by atoms with E-state index >= 15 is 0 Å². The summed E-state index contributed by atoms with van der Waals surface area (Å²) in [5.41, 5.74) is 1.89. The summed E-state index contributed by atoms with van der Waals surface area (Å²) in [4.78, 5) is 25.9. The Kier molecular flexibility index (Phi) is 4.99. The van der Waals surface area contributed by atoms with Crippen molar-refractivity contribution < 1.29 is 14.3 Å². The Morgan fingerprint density at radius 2 is 2.00 bits per heavy atom. The second-order valence-corrected chi connectivity index (χ2v) is 7.05. The number of anilines is 1. The molecule has 128 valence electrons. The number of amides is 1. The summed E-state index contributed by atoms with van der Waals surface area (Å²) in [5.74, 6) is -0.695. The Bertz CT molecular complexity index is 763. The quantitative estimate of drug-likeness (QED) is 0.866. The van der Waals surface area contributed by atoms with Crippen molar-refractivity contribution in [1.29, 1.82) is 0 Å². The van der Waals surface area contributed by atoms with Crippen molar-refractivity contribution in [3.05, 3.63) is 34.0 Å². The van der Waals surface area contributed by atoms with Crippen LogP contribution in [0.1, 0.15) is 57.0 Å². The van der Waals surface area contributed by atoms with Crippen molar-refractivity contribution in [3.8, 4) is 0 Å². The lowest BCUT2D eigenvalue weighted by atomic mass is 9.96. The largest absolute Gasteiger partial charge is 0.465 e. The predicted octanol–water partition coefficient (Wildman–Crippen LogP) is 3.18. The number of esters is 1. The molecule has 2 heterocycles. The summed E-state index contributed by atoms with van der Waals surface area (Å²) in [7, 11) is 3.13. The molecule has 6 nitrogen and oxygen atoms in total. The van der Waals surface area contributed by atoms with E-state index in [2.05, 4.69) is 10.4 Å². The lowest BCUT2D eigenvalue weighted by Crippen LogP contribution is -2.15. The molecule has 0 bridgehead atoms. The Morgan fingerprint density at radius 1 is 1.25 bits per heavy atom. The van der Waals surface area contributed by atoms with Gasteiger partial charge in [-0.25, -0.2) is 4.79 Å². The summed E-state index contributed by atoms with van der Waals surface area (Å²) >= 11 is 1.49. The molecule has 24 heavy (non-hydrogen) atoms. The van der Waals surface area contributed by atoms with E-state index in [9.17, 15) is 9.59 Å². The van der Waals surface area contributed by atoms with Gasteiger partial charge in [0.05, 0.1) is 12.7 Å². The van der Waals surface area contributed by atoms with E-state index in [0.717, 1.165) is 31.2 Å². The number of aromatic nitrogens is 2. The van der Waals surface area contributed by atoms with Crippen molar-refractivity contribution >= 4 is 28.2 Å². The summed E-state index contributed by atoms with van der Waals surface area (Å²) in [5, 5.41) is 7.54. The highest BCUT2D eigenvalue weighted by molar-refractivity contribution is 7.17. The third-order valence-corrected chi connectivity index (χ3v) is 5.44. The van der Waals surface area contributed by atoms with Gasteiger partial charge in [-0.3, -0.25) is 9.48 Å². The number of hydrogen-bond donors (Lipinski definition) is 1. The van der Waals surface area contributed by atoms with Gasteiger partial charge in [0.25, 0.3) is 5.91 Å². The summed E-state index contributed by atoms with van der Waals surface area (Å²) in [6.45, 7) is 0. The molecule has 1 amide bonds. The molecule has 0 radical (unpaired) electrons. The molecule has 0 saturated carbocycles. The minimum atomic E-state index is -0.385. The second-order valence-electron chi connectivity index (χ2n) is 5.94. The smallest absolute Gasteiger partial charge is 0.341 e. The van der Waals surface area contributed by atoms with Crippen LogP contribution in [0.25, 0.3) is 0 Å². The monoisotopic (exact) mass is 347 g/mol. The highest BCUT2D eigenvalue weighted by atomic mass is 32.1. The number of carbonyl (C=O) groups is 2. The first kappa shape index (κ1) is 16.7. The molecule has 7 heteroatoms. The zero-order valence-electron chi connectivity index (χ0n) is 13.9. The molecule has 0 atom stereocenters. The SMILES string of the molecule is COC(=O)c1c(NC(=O)c2ccn(C)n2)sc2c1CCCCCC2. The number of aryl methyl sites for hydroxylation is 2. The number of methoxy groups -OCH3 is 1. The summed E-state index contributed by atoms with van der Waals surface area (Å²) in [6, 6.07) is 1.65. The number of fused-ring (bicyclic) bond motifs is 1. The van der Waals surface area contributed by atoms with Gasteiger partial charge in [0.1, 0.15) is 5.00 Å². The molecule has 2 aromatic heterocycles. The van der Waals surface area contributed by atoms with Crippen molar-refractivity contribution in [2.24, 2.45) is 7.05 Å². The zero-order valence-corrected chi connectivity index (χ0v) is 14.7. The van der Waals surface area contributed by atoms with Gasteiger partial charge in [0.2, 0.25) is 0 Å². The molecule has 0 aromatic carbocycles. The Labute approximate surface area is 144 Å². The van der Waals surface area contributed by atoms with Crippen LogP contribution in [0.2, 0.25) is 0 Å². The van der Waals surface area contributed by atoms with Crippen LogP contribution in [-0.4, -0.2) is 28.8 Å². The normalized spacial score (nSPS) is 14.4. The first-order valence-electron chi connectivity index (χ1n) is 8.14. The highest BCUT2D eigenvalue weighted by Crippen LogP contribution is 2.37. The molecule has 3 rings (SSSR count). The molecule has 1 aliphatic rings. The van der Waals surface area contributed by atoms with E-state index in [1.165, 1.54) is 36.2 Å². The minimum Gasteiger partial charge on any atom is -0.465 e. The number of carbonyl (C=O) groups excluding carboxylic acids is 2. The van der Waals surface area contributed by atoms with Crippen LogP contribution in [0.5, 0.6) is 0 Å². The fourth-order valence-corrected chi connectivity index (χ4v) is 4.30. The number of thiophene rings is 1. The maximum Gasteiger partial charge on any atom is 0.341 e. The molecular weight excluding hydrogens is 326 g/mol. The van der Waals surface area contributed by atoms with Crippen molar-refractivity contribution in [2.45, 2.75) is 38.5 Å². The molecule has 1 N–H and O–H groups in total. The number of rotatable bonds is 3. The van der Waals surface area contributed by atoms with Gasteiger partial charge >= 0.3 is 5.97 Å². The Morgan fingerprint density at radius 3 is 2.67 bits per heavy atom. The molecular formula is C17H21N3O3S. The van der Waals surface area contributed by atoms with Gasteiger partial charge in [-0.2, -0.15) is 5.10 Å². The summed E-state index contributed by atoms with van der Waals surface area (Å²) < 4.78 is 6.53. The molecule has 0 spiro atoms. The highest BCUT2D eigenvalue weighted by Gasteiger charge is 2.26.